The molecule has 1 aromatic heterocycles. The highest BCUT2D eigenvalue weighted by Gasteiger charge is 2.31. The summed E-state index contributed by atoms with van der Waals surface area (Å²) in [6.07, 6.45) is 0. The van der Waals surface area contributed by atoms with Gasteiger partial charge in [0.05, 0.1) is 0 Å². The van der Waals surface area contributed by atoms with E-state index in [0.717, 1.165) is 10.4 Å². The van der Waals surface area contributed by atoms with Crippen LogP contribution in [0.5, 0.6) is 0 Å². The Morgan fingerprint density at radius 2 is 2.29 bits per heavy atom. The van der Waals surface area contributed by atoms with Crippen LogP contribution in [0, 0.1) is 6.92 Å². The van der Waals surface area contributed by atoms with Gasteiger partial charge in [-0.1, -0.05) is 0 Å². The minimum absolute atomic E-state index is 0.405. The van der Waals surface area contributed by atoms with Crippen LogP contribution < -0.4 is 4.72 Å². The molecule has 0 amide bonds. The summed E-state index contributed by atoms with van der Waals surface area (Å²) in [6.45, 7) is 3.69. The Hall–Kier alpha value is -0.430. The van der Waals surface area contributed by atoms with Crippen LogP contribution >= 0.6 is 11.3 Å². The Morgan fingerprint density at radius 1 is 1.57 bits per heavy atom. The highest BCUT2D eigenvalue weighted by molar-refractivity contribution is 7.87. The molecule has 14 heavy (non-hydrogen) atoms. The molecule has 0 aromatic carbocycles. The number of rotatable bonds is 4. The summed E-state index contributed by atoms with van der Waals surface area (Å²) >= 11 is 1.58. The molecule has 1 aliphatic rings. The zero-order valence-electron chi connectivity index (χ0n) is 7.86. The van der Waals surface area contributed by atoms with Crippen molar-refractivity contribution in [1.82, 2.24) is 9.03 Å². The minimum Gasteiger partial charge on any atom is -0.197 e. The van der Waals surface area contributed by atoms with Crippen LogP contribution in [-0.4, -0.2) is 25.8 Å². The minimum atomic E-state index is -3.19. The number of nitrogens with one attached hydrogen (secondary N) is 1. The summed E-state index contributed by atoms with van der Waals surface area (Å²) in [7, 11) is -3.19. The van der Waals surface area contributed by atoms with Gasteiger partial charge >= 0.3 is 0 Å². The Labute approximate surface area is 87.7 Å². The lowest BCUT2D eigenvalue weighted by Gasteiger charge is -2.05. The van der Waals surface area contributed by atoms with Crippen molar-refractivity contribution in [2.24, 2.45) is 0 Å². The van der Waals surface area contributed by atoms with Gasteiger partial charge in [0.2, 0.25) is 0 Å². The molecule has 0 atom stereocenters. The first-order chi connectivity index (χ1) is 6.59. The molecule has 78 valence electrons. The van der Waals surface area contributed by atoms with Gasteiger partial charge in [0.25, 0.3) is 10.2 Å². The molecule has 0 aliphatic carbocycles. The fourth-order valence-electron chi connectivity index (χ4n) is 1.11. The van der Waals surface area contributed by atoms with E-state index < -0.39 is 10.2 Å². The summed E-state index contributed by atoms with van der Waals surface area (Å²) in [6, 6.07) is 1.99. The molecule has 0 spiro atoms. The van der Waals surface area contributed by atoms with Crippen molar-refractivity contribution in [2.75, 3.05) is 13.1 Å². The van der Waals surface area contributed by atoms with Gasteiger partial charge < -0.3 is 0 Å². The van der Waals surface area contributed by atoms with E-state index >= 15 is 0 Å². The molecule has 1 fully saturated rings. The van der Waals surface area contributed by atoms with Crippen molar-refractivity contribution in [3.63, 3.8) is 0 Å². The third-order valence-corrected chi connectivity index (χ3v) is 4.71. The van der Waals surface area contributed by atoms with Gasteiger partial charge in [-0.25, -0.2) is 0 Å². The number of nitrogens with zero attached hydrogens (tertiary/aromatic N) is 1. The standard InChI is InChI=1S/C8H12N2O2S2/c1-7-2-5-13-8(7)6-9-14(11,12)10-3-4-10/h2,5,9H,3-4,6H2,1H3. The lowest BCUT2D eigenvalue weighted by atomic mass is 10.3. The second-order valence-electron chi connectivity index (χ2n) is 3.25. The van der Waals surface area contributed by atoms with Gasteiger partial charge in [0, 0.05) is 24.5 Å². The van der Waals surface area contributed by atoms with Crippen LogP contribution in [-0.2, 0) is 16.8 Å². The lowest BCUT2D eigenvalue weighted by Crippen LogP contribution is -2.29. The summed E-state index contributed by atoms with van der Waals surface area (Å²) in [5.74, 6) is 0. The van der Waals surface area contributed by atoms with E-state index in [9.17, 15) is 8.42 Å². The van der Waals surface area contributed by atoms with Crippen LogP contribution in [0.2, 0.25) is 0 Å². The van der Waals surface area contributed by atoms with Crippen molar-refractivity contribution < 1.29 is 8.42 Å². The molecule has 4 nitrogen and oxygen atoms in total. The Kier molecular flexibility index (Phi) is 2.61. The predicted molar refractivity (Wildman–Crippen MR) is 56.4 cm³/mol. The summed E-state index contributed by atoms with van der Waals surface area (Å²) in [5.41, 5.74) is 1.14. The van der Waals surface area contributed by atoms with Crippen LogP contribution in [0.15, 0.2) is 11.4 Å². The maximum Gasteiger partial charge on any atom is 0.279 e. The third-order valence-electron chi connectivity index (χ3n) is 2.13. The summed E-state index contributed by atoms with van der Waals surface area (Å²) in [5, 5.41) is 1.97. The van der Waals surface area contributed by atoms with E-state index in [1.165, 1.54) is 4.31 Å². The molecule has 1 saturated heterocycles. The van der Waals surface area contributed by atoms with Crippen LogP contribution in [0.3, 0.4) is 0 Å². The molecule has 0 saturated carbocycles. The largest absolute Gasteiger partial charge is 0.279 e. The van der Waals surface area contributed by atoms with Crippen molar-refractivity contribution in [1.29, 1.82) is 0 Å². The zero-order valence-corrected chi connectivity index (χ0v) is 9.49. The number of hydrogen-bond donors (Lipinski definition) is 1. The average molecular weight is 232 g/mol. The van der Waals surface area contributed by atoms with E-state index in [1.807, 2.05) is 18.4 Å². The quantitative estimate of drug-likeness (QED) is 0.777. The Bertz CT molecular complexity index is 420. The maximum atomic E-state index is 11.4. The normalized spacial score (nSPS) is 17.2. The van der Waals surface area contributed by atoms with Crippen LogP contribution in [0.4, 0.5) is 0 Å². The first-order valence-corrected chi connectivity index (χ1v) is 6.69. The van der Waals surface area contributed by atoms with Crippen molar-refractivity contribution in [3.05, 3.63) is 21.9 Å². The number of thiophene rings is 1. The van der Waals surface area contributed by atoms with Gasteiger partial charge in [0.15, 0.2) is 0 Å². The monoisotopic (exact) mass is 232 g/mol. The molecule has 2 rings (SSSR count). The first kappa shape index (κ1) is 10.1. The van der Waals surface area contributed by atoms with Crippen LogP contribution in [0.1, 0.15) is 10.4 Å². The van der Waals surface area contributed by atoms with Crippen LogP contribution in [0.25, 0.3) is 0 Å². The lowest BCUT2D eigenvalue weighted by molar-refractivity contribution is 0.547. The molecule has 0 bridgehead atoms. The van der Waals surface area contributed by atoms with E-state index in [0.29, 0.717) is 19.6 Å². The molecule has 1 aromatic rings. The van der Waals surface area contributed by atoms with Gasteiger partial charge in [-0.15, -0.1) is 11.3 Å². The summed E-state index contributed by atoms with van der Waals surface area (Å²) < 4.78 is 26.8. The summed E-state index contributed by atoms with van der Waals surface area (Å²) in [4.78, 5) is 1.08. The van der Waals surface area contributed by atoms with E-state index in [1.54, 1.807) is 11.3 Å². The number of hydrogen-bond acceptors (Lipinski definition) is 3. The van der Waals surface area contributed by atoms with Crippen molar-refractivity contribution in [3.8, 4) is 0 Å². The molecule has 1 aliphatic heterocycles. The topological polar surface area (TPSA) is 49.2 Å². The van der Waals surface area contributed by atoms with Crippen molar-refractivity contribution in [2.45, 2.75) is 13.5 Å². The zero-order chi connectivity index (χ0) is 10.2. The first-order valence-electron chi connectivity index (χ1n) is 4.37. The van der Waals surface area contributed by atoms with Gasteiger partial charge in [-0.3, -0.25) is 0 Å². The van der Waals surface area contributed by atoms with Gasteiger partial charge in [0.1, 0.15) is 0 Å². The predicted octanol–water partition coefficient (Wildman–Crippen LogP) is 0.707. The Morgan fingerprint density at radius 3 is 2.79 bits per heavy atom. The fourth-order valence-corrected chi connectivity index (χ4v) is 3.12. The van der Waals surface area contributed by atoms with Crippen molar-refractivity contribution >= 4 is 21.5 Å². The molecule has 2 heterocycles. The molecular formula is C8H12N2O2S2. The maximum absolute atomic E-state index is 11.4. The second-order valence-corrected chi connectivity index (χ2v) is 6.01. The smallest absolute Gasteiger partial charge is 0.197 e. The highest BCUT2D eigenvalue weighted by Crippen LogP contribution is 2.16. The second kappa shape index (κ2) is 3.62. The van der Waals surface area contributed by atoms with E-state index in [-0.39, 0.29) is 0 Å². The van der Waals surface area contributed by atoms with E-state index in [4.69, 9.17) is 0 Å². The van der Waals surface area contributed by atoms with Gasteiger partial charge in [-0.05, 0) is 23.9 Å². The molecule has 1 N–H and O–H groups in total. The fraction of sp³-hybridized carbons (Fsp3) is 0.500. The molecular weight excluding hydrogens is 220 g/mol. The van der Waals surface area contributed by atoms with E-state index in [2.05, 4.69) is 4.72 Å². The number of aryl methyl sites for hydroxylation is 1. The average Bonchev–Trinajstić information content (AvgIpc) is 2.89. The SMILES string of the molecule is Cc1ccsc1CNS(=O)(=O)N1CC1. The van der Waals surface area contributed by atoms with Gasteiger partial charge in [-0.2, -0.15) is 17.4 Å². The third kappa shape index (κ3) is 2.14. The highest BCUT2D eigenvalue weighted by atomic mass is 32.2. The molecule has 6 heteroatoms. The Balaban J connectivity index is 1.97. The molecule has 0 radical (unpaired) electrons. The molecule has 0 unspecified atom stereocenters.